The topological polar surface area (TPSA) is 57.6 Å². The van der Waals surface area contributed by atoms with Crippen molar-refractivity contribution in [3.8, 4) is 0 Å². The highest BCUT2D eigenvalue weighted by molar-refractivity contribution is 6.06. The number of hydrogen-bond acceptors (Lipinski definition) is 3. The molecule has 184 valence electrons. The molecule has 3 fully saturated rings. The second-order valence-electron chi connectivity index (χ2n) is 13.0. The first-order valence-corrected chi connectivity index (χ1v) is 13.1. The lowest BCUT2D eigenvalue weighted by Gasteiger charge is -2.65. The van der Waals surface area contributed by atoms with Gasteiger partial charge in [0.15, 0.2) is 5.76 Å². The van der Waals surface area contributed by atoms with Crippen LogP contribution in [0.4, 0.5) is 0 Å². The highest BCUT2D eigenvalue weighted by atomic mass is 16.3. The average molecular weight is 464 g/mol. The Morgan fingerprint density at radius 2 is 1.71 bits per heavy atom. The lowest BCUT2D eigenvalue weighted by atomic mass is 9.40. The number of hydrogen-bond donors (Lipinski definition) is 1. The monoisotopic (exact) mass is 463 g/mol. The van der Waals surface area contributed by atoms with Crippen LogP contribution in [0.1, 0.15) is 86.5 Å². The van der Waals surface area contributed by atoms with Crippen LogP contribution in [-0.4, -0.2) is 34.3 Å². The van der Waals surface area contributed by atoms with Gasteiger partial charge in [-0.3, -0.25) is 9.59 Å². The normalized spacial score (nSPS) is 43.5. The lowest BCUT2D eigenvalue weighted by Crippen LogP contribution is -2.60. The Labute approximate surface area is 204 Å². The molecule has 5 aliphatic carbocycles. The third-order valence-electron chi connectivity index (χ3n) is 11.3. The second-order valence-corrected chi connectivity index (χ2v) is 13.0. The fourth-order valence-corrected chi connectivity index (χ4v) is 8.71. The third-order valence-corrected chi connectivity index (χ3v) is 11.3. The molecule has 0 aromatic carbocycles. The van der Waals surface area contributed by atoms with Crippen LogP contribution in [0.5, 0.6) is 0 Å². The molecule has 1 N–H and O–H groups in total. The maximum atomic E-state index is 12.6. The van der Waals surface area contributed by atoms with Crippen LogP contribution in [0.15, 0.2) is 46.3 Å². The van der Waals surface area contributed by atoms with Crippen molar-refractivity contribution in [1.82, 2.24) is 4.90 Å². The van der Waals surface area contributed by atoms with Crippen molar-refractivity contribution in [3.05, 3.63) is 46.3 Å². The van der Waals surface area contributed by atoms with E-state index in [4.69, 9.17) is 0 Å². The van der Waals surface area contributed by atoms with Crippen molar-refractivity contribution >= 4 is 11.7 Å². The van der Waals surface area contributed by atoms with E-state index in [1.165, 1.54) is 24.8 Å². The van der Waals surface area contributed by atoms with Crippen LogP contribution in [-0.2, 0) is 9.59 Å². The van der Waals surface area contributed by atoms with Crippen LogP contribution in [0.3, 0.4) is 0 Å². The average Bonchev–Trinajstić information content (AvgIpc) is 2.78. The van der Waals surface area contributed by atoms with E-state index in [0.717, 1.165) is 36.8 Å². The summed E-state index contributed by atoms with van der Waals surface area (Å²) in [6.07, 6.45) is 14.1. The second kappa shape index (κ2) is 7.21. The molecule has 4 heteroatoms. The van der Waals surface area contributed by atoms with E-state index in [0.29, 0.717) is 22.8 Å². The van der Waals surface area contributed by atoms with Gasteiger partial charge in [0.2, 0.25) is 11.7 Å². The van der Waals surface area contributed by atoms with E-state index in [1.807, 2.05) is 18.9 Å². The number of carbonyl (C=O) groups is 2. The third kappa shape index (κ3) is 2.96. The Morgan fingerprint density at radius 1 is 1.03 bits per heavy atom. The fourth-order valence-electron chi connectivity index (χ4n) is 8.71. The van der Waals surface area contributed by atoms with Crippen LogP contribution >= 0.6 is 0 Å². The van der Waals surface area contributed by atoms with Crippen LogP contribution in [0, 0.1) is 28.1 Å². The molecule has 4 nitrogen and oxygen atoms in total. The van der Waals surface area contributed by atoms with Crippen molar-refractivity contribution < 1.29 is 14.7 Å². The number of ketones is 1. The molecule has 1 amide bonds. The summed E-state index contributed by atoms with van der Waals surface area (Å²) in [5.41, 5.74) is 4.46. The molecule has 5 aliphatic rings. The molecule has 6 atom stereocenters. The summed E-state index contributed by atoms with van der Waals surface area (Å²) in [5.74, 6) is 0.945. The standard InChI is InChI=1S/C30H41NO3/c1-18-20-8-9-25-29(5,22(20)16-24(33)26(18)34)11-10-21-23-17-28(4,31(7)19(2)32)14-12-27(23,3)13-15-30(21,25)6/h8-9,16,21,23,34H,10-15,17H2,1-7H3. The molecule has 3 saturated carbocycles. The smallest absolute Gasteiger partial charge is 0.220 e. The zero-order chi connectivity index (χ0) is 24.8. The van der Waals surface area contributed by atoms with Crippen LogP contribution in [0.25, 0.3) is 0 Å². The zero-order valence-corrected chi connectivity index (χ0v) is 22.0. The van der Waals surface area contributed by atoms with Crippen molar-refractivity contribution in [2.24, 2.45) is 28.1 Å². The number of carbonyl (C=O) groups excluding carboxylic acids is 2. The van der Waals surface area contributed by atoms with Gasteiger partial charge in [-0.05, 0) is 98.7 Å². The van der Waals surface area contributed by atoms with E-state index >= 15 is 0 Å². The Hall–Kier alpha value is -2.10. The van der Waals surface area contributed by atoms with Crippen molar-refractivity contribution in [1.29, 1.82) is 0 Å². The summed E-state index contributed by atoms with van der Waals surface area (Å²) in [6, 6.07) is 0. The quantitative estimate of drug-likeness (QED) is 0.486. The van der Waals surface area contributed by atoms with Gasteiger partial charge in [-0.15, -0.1) is 0 Å². The first-order chi connectivity index (χ1) is 15.8. The zero-order valence-electron chi connectivity index (χ0n) is 22.0. The van der Waals surface area contributed by atoms with E-state index < -0.39 is 0 Å². The highest BCUT2D eigenvalue weighted by Gasteiger charge is 2.61. The highest BCUT2D eigenvalue weighted by Crippen LogP contribution is 2.70. The van der Waals surface area contributed by atoms with Crippen LogP contribution in [0.2, 0.25) is 0 Å². The van der Waals surface area contributed by atoms with Gasteiger partial charge in [0, 0.05) is 30.5 Å². The number of aliphatic hydroxyl groups is 1. The van der Waals surface area contributed by atoms with Crippen molar-refractivity contribution in [3.63, 3.8) is 0 Å². The Balaban J connectivity index is 1.57. The molecular formula is C30H41NO3. The van der Waals surface area contributed by atoms with Gasteiger partial charge < -0.3 is 10.0 Å². The molecule has 0 saturated heterocycles. The minimum absolute atomic E-state index is 0.0766. The van der Waals surface area contributed by atoms with Gasteiger partial charge in [0.1, 0.15) is 0 Å². The predicted molar refractivity (Wildman–Crippen MR) is 135 cm³/mol. The van der Waals surface area contributed by atoms with Gasteiger partial charge in [-0.1, -0.05) is 38.5 Å². The Kier molecular flexibility index (Phi) is 5.01. The summed E-state index contributed by atoms with van der Waals surface area (Å²) in [7, 11) is 1.98. The molecule has 0 heterocycles. The number of fused-ring (bicyclic) bond motifs is 7. The van der Waals surface area contributed by atoms with Crippen molar-refractivity contribution in [2.45, 2.75) is 92.0 Å². The van der Waals surface area contributed by atoms with E-state index in [-0.39, 0.29) is 33.8 Å². The van der Waals surface area contributed by atoms with Gasteiger partial charge in [-0.2, -0.15) is 0 Å². The van der Waals surface area contributed by atoms with Crippen molar-refractivity contribution in [2.75, 3.05) is 7.05 Å². The van der Waals surface area contributed by atoms with Crippen LogP contribution < -0.4 is 0 Å². The van der Waals surface area contributed by atoms with E-state index in [1.54, 1.807) is 13.0 Å². The molecule has 0 bridgehead atoms. The van der Waals surface area contributed by atoms with E-state index in [9.17, 15) is 14.7 Å². The molecule has 34 heavy (non-hydrogen) atoms. The molecule has 0 aliphatic heterocycles. The number of nitrogens with zero attached hydrogens (tertiary/aromatic N) is 1. The van der Waals surface area contributed by atoms with Gasteiger partial charge >= 0.3 is 0 Å². The number of rotatable bonds is 1. The maximum absolute atomic E-state index is 12.6. The summed E-state index contributed by atoms with van der Waals surface area (Å²) >= 11 is 0. The fraction of sp³-hybridized carbons (Fsp3) is 0.667. The van der Waals surface area contributed by atoms with Gasteiger partial charge in [-0.25, -0.2) is 0 Å². The molecule has 0 aromatic rings. The van der Waals surface area contributed by atoms with E-state index in [2.05, 4.69) is 39.8 Å². The molecule has 5 rings (SSSR count). The summed E-state index contributed by atoms with van der Waals surface area (Å²) in [6.45, 7) is 13.2. The molecular weight excluding hydrogens is 422 g/mol. The summed E-state index contributed by atoms with van der Waals surface area (Å²) in [4.78, 5) is 26.9. The van der Waals surface area contributed by atoms with Gasteiger partial charge in [0.05, 0.1) is 0 Å². The first-order valence-electron chi connectivity index (χ1n) is 13.1. The van der Waals surface area contributed by atoms with Gasteiger partial charge in [0.25, 0.3) is 0 Å². The Morgan fingerprint density at radius 3 is 2.38 bits per heavy atom. The molecule has 0 radical (unpaired) electrons. The Bertz CT molecular complexity index is 1110. The summed E-state index contributed by atoms with van der Waals surface area (Å²) < 4.78 is 0. The first kappa shape index (κ1) is 23.6. The largest absolute Gasteiger partial charge is 0.504 e. The number of amides is 1. The summed E-state index contributed by atoms with van der Waals surface area (Å²) in [5, 5.41) is 10.3. The molecule has 6 unspecified atom stereocenters. The predicted octanol–water partition coefficient (Wildman–Crippen LogP) is 6.45. The number of allylic oxidation sites excluding steroid dienone is 7. The molecule has 0 spiro atoms. The number of aliphatic hydroxyl groups excluding tert-OH is 1. The maximum Gasteiger partial charge on any atom is 0.220 e. The minimum Gasteiger partial charge on any atom is -0.504 e. The SMILES string of the molecule is CC(=O)N(C)C1(C)CCC2(C)CCC3(C)C4=CC=C5C(=CC(=O)C(O)=C5C)C4(C)CCC3C2C1. The minimum atomic E-state index is -0.258. The lowest BCUT2D eigenvalue weighted by molar-refractivity contribution is -0.143. The molecule has 0 aromatic heterocycles.